The van der Waals surface area contributed by atoms with Crippen molar-refractivity contribution >= 4 is 23.6 Å². The van der Waals surface area contributed by atoms with Crippen LogP contribution < -0.4 is 21.3 Å². The summed E-state index contributed by atoms with van der Waals surface area (Å²) in [5.74, 6) is -0.349. The summed E-state index contributed by atoms with van der Waals surface area (Å²) < 4.78 is 0. The van der Waals surface area contributed by atoms with E-state index in [2.05, 4.69) is 116 Å². The van der Waals surface area contributed by atoms with E-state index in [-0.39, 0.29) is 35.7 Å². The molecular weight excluding hydrogens is 825 g/mol. The number of hydrogen-bond acceptors (Lipinski definition) is 8. The molecule has 362 valence electrons. The monoisotopic (exact) mass is 907 g/mol. The van der Waals surface area contributed by atoms with Crippen LogP contribution in [0, 0.1) is 10.8 Å². The third kappa shape index (κ3) is 15.2. The molecule has 0 aromatic heterocycles. The first-order chi connectivity index (χ1) is 31.4. The van der Waals surface area contributed by atoms with Crippen molar-refractivity contribution in [3.05, 3.63) is 107 Å². The second-order valence-electron chi connectivity index (χ2n) is 21.0. The van der Waals surface area contributed by atoms with E-state index in [4.69, 9.17) is 0 Å². The lowest BCUT2D eigenvalue weighted by Gasteiger charge is -2.38. The van der Waals surface area contributed by atoms with Crippen LogP contribution in [0.4, 0.5) is 0 Å². The van der Waals surface area contributed by atoms with Crippen LogP contribution in [0.15, 0.2) is 84.9 Å². The Kier molecular flexibility index (Phi) is 19.4. The van der Waals surface area contributed by atoms with Crippen molar-refractivity contribution in [1.29, 1.82) is 0 Å². The SMILES string of the molecule is CN[C@@H](C)C(=O)N[C@H](C(=O)N1CCC[C@H]1CN(CCc1ccccc1)Cc1ccc(CN(CCc2ccccc2)C[C@@H]2CCCN2C(=O)[C@@H](NC(=O)[C@H](C)NC)C(C)(C)C)cc1)C(C)(C)C. The van der Waals surface area contributed by atoms with Gasteiger partial charge in [0, 0.05) is 64.4 Å². The van der Waals surface area contributed by atoms with Crippen LogP contribution in [0.25, 0.3) is 0 Å². The van der Waals surface area contributed by atoms with Crippen LogP contribution >= 0.6 is 0 Å². The Bertz CT molecular complexity index is 1840. The highest BCUT2D eigenvalue weighted by Gasteiger charge is 2.42. The second-order valence-corrected chi connectivity index (χ2v) is 21.0. The molecule has 12 nitrogen and oxygen atoms in total. The van der Waals surface area contributed by atoms with E-state index in [0.29, 0.717) is 13.1 Å². The number of nitrogens with one attached hydrogen (secondary N) is 4. The lowest BCUT2D eigenvalue weighted by molar-refractivity contribution is -0.141. The quantitative estimate of drug-likeness (QED) is 0.0963. The maximum absolute atomic E-state index is 14.4. The van der Waals surface area contributed by atoms with Gasteiger partial charge in [0.25, 0.3) is 0 Å². The maximum Gasteiger partial charge on any atom is 0.245 e. The molecule has 0 aliphatic carbocycles. The van der Waals surface area contributed by atoms with E-state index in [1.807, 2.05) is 65.2 Å². The van der Waals surface area contributed by atoms with E-state index in [1.165, 1.54) is 22.3 Å². The number of rotatable bonds is 22. The molecule has 5 rings (SSSR count). The van der Waals surface area contributed by atoms with E-state index in [0.717, 1.165) is 77.8 Å². The first kappa shape index (κ1) is 52.4. The fourth-order valence-electron chi connectivity index (χ4n) is 9.25. The molecule has 66 heavy (non-hydrogen) atoms. The summed E-state index contributed by atoms with van der Waals surface area (Å²) in [4.78, 5) is 63.9. The van der Waals surface area contributed by atoms with Gasteiger partial charge in [0.1, 0.15) is 12.1 Å². The Hall–Kier alpha value is -4.62. The molecule has 2 aliphatic heterocycles. The largest absolute Gasteiger partial charge is 0.342 e. The molecule has 3 aromatic carbocycles. The summed E-state index contributed by atoms with van der Waals surface area (Å²) >= 11 is 0. The third-order valence-electron chi connectivity index (χ3n) is 13.7. The highest BCUT2D eigenvalue weighted by molar-refractivity contribution is 5.91. The molecular formula is C54H82N8O4. The summed E-state index contributed by atoms with van der Waals surface area (Å²) in [6.45, 7) is 21.8. The van der Waals surface area contributed by atoms with Gasteiger partial charge in [0.2, 0.25) is 23.6 Å². The van der Waals surface area contributed by atoms with Crippen LogP contribution in [0.3, 0.4) is 0 Å². The number of benzene rings is 3. The summed E-state index contributed by atoms with van der Waals surface area (Å²) in [5.41, 5.74) is 4.10. The summed E-state index contributed by atoms with van der Waals surface area (Å²) in [6.07, 6.45) is 5.52. The van der Waals surface area contributed by atoms with Gasteiger partial charge in [-0.15, -0.1) is 0 Å². The van der Waals surface area contributed by atoms with Gasteiger partial charge in [-0.3, -0.25) is 29.0 Å². The summed E-state index contributed by atoms with van der Waals surface area (Å²) in [7, 11) is 3.51. The van der Waals surface area contributed by atoms with Gasteiger partial charge < -0.3 is 31.1 Å². The first-order valence-electron chi connectivity index (χ1n) is 24.5. The van der Waals surface area contributed by atoms with Crippen molar-refractivity contribution in [3.8, 4) is 0 Å². The molecule has 0 spiro atoms. The van der Waals surface area contributed by atoms with Crippen molar-refractivity contribution in [2.75, 3.05) is 53.4 Å². The van der Waals surface area contributed by atoms with Crippen molar-refractivity contribution in [1.82, 2.24) is 40.9 Å². The molecule has 12 heteroatoms. The molecule has 2 saturated heterocycles. The Morgan fingerprint density at radius 1 is 0.561 bits per heavy atom. The normalized spacial score (nSPS) is 18.6. The van der Waals surface area contributed by atoms with Crippen LogP contribution in [0.1, 0.15) is 103 Å². The van der Waals surface area contributed by atoms with Crippen molar-refractivity contribution in [2.45, 2.75) is 143 Å². The first-order valence-corrected chi connectivity index (χ1v) is 24.5. The van der Waals surface area contributed by atoms with Crippen LogP contribution in [-0.2, 0) is 45.1 Å². The van der Waals surface area contributed by atoms with Gasteiger partial charge in [0.15, 0.2) is 0 Å². The minimum atomic E-state index is -0.628. The van der Waals surface area contributed by atoms with Crippen LogP contribution in [0.2, 0.25) is 0 Å². The van der Waals surface area contributed by atoms with Gasteiger partial charge in [0.05, 0.1) is 12.1 Å². The molecule has 6 atom stereocenters. The minimum Gasteiger partial charge on any atom is -0.342 e. The number of amides is 4. The Morgan fingerprint density at radius 3 is 1.23 bits per heavy atom. The fourth-order valence-corrected chi connectivity index (χ4v) is 9.25. The second kappa shape index (κ2) is 24.4. The predicted octanol–water partition coefficient (Wildman–Crippen LogP) is 6.04. The van der Waals surface area contributed by atoms with Gasteiger partial charge in [-0.1, -0.05) is 126 Å². The molecule has 0 bridgehead atoms. The molecule has 0 unspecified atom stereocenters. The average molecular weight is 907 g/mol. The fraction of sp³-hybridized carbons (Fsp3) is 0.593. The highest BCUT2D eigenvalue weighted by atomic mass is 16.2. The van der Waals surface area contributed by atoms with E-state index >= 15 is 0 Å². The highest BCUT2D eigenvalue weighted by Crippen LogP contribution is 2.29. The number of hydrogen-bond donors (Lipinski definition) is 4. The van der Waals surface area contributed by atoms with Crippen molar-refractivity contribution in [2.24, 2.45) is 10.8 Å². The van der Waals surface area contributed by atoms with E-state index in [1.54, 1.807) is 14.1 Å². The number of likely N-dealkylation sites (N-methyl/N-ethyl adjacent to an activating group) is 2. The van der Waals surface area contributed by atoms with Crippen molar-refractivity contribution < 1.29 is 19.2 Å². The third-order valence-corrected chi connectivity index (χ3v) is 13.7. The predicted molar refractivity (Wildman–Crippen MR) is 267 cm³/mol. The molecule has 4 N–H and O–H groups in total. The van der Waals surface area contributed by atoms with Crippen LogP contribution in [0.5, 0.6) is 0 Å². The smallest absolute Gasteiger partial charge is 0.245 e. The summed E-state index contributed by atoms with van der Waals surface area (Å²) in [5, 5.41) is 12.2. The molecule has 3 aromatic rings. The number of carbonyl (C=O) groups is 4. The molecule has 2 aliphatic rings. The van der Waals surface area contributed by atoms with Gasteiger partial charge in [-0.25, -0.2) is 0 Å². The number of nitrogens with zero attached hydrogens (tertiary/aromatic N) is 4. The van der Waals surface area contributed by atoms with E-state index in [9.17, 15) is 19.2 Å². The molecule has 2 fully saturated rings. The zero-order chi connectivity index (χ0) is 48.0. The topological polar surface area (TPSA) is 129 Å². The zero-order valence-electron chi connectivity index (χ0n) is 41.9. The Balaban J connectivity index is 1.32. The Labute approximate surface area is 397 Å². The summed E-state index contributed by atoms with van der Waals surface area (Å²) in [6, 6.07) is 28.2. The zero-order valence-corrected chi connectivity index (χ0v) is 41.9. The van der Waals surface area contributed by atoms with Crippen LogP contribution in [-0.4, -0.2) is 133 Å². The lowest BCUT2D eigenvalue weighted by Crippen LogP contribution is -2.59. The van der Waals surface area contributed by atoms with Gasteiger partial charge in [-0.2, -0.15) is 0 Å². The Morgan fingerprint density at radius 2 is 0.909 bits per heavy atom. The minimum absolute atomic E-state index is 0.00382. The van der Waals surface area contributed by atoms with Gasteiger partial charge in [-0.05, 0) is 99.6 Å². The standard InChI is InChI=1S/C54H82N8O4/c1-39(55-9)49(63)57-47(53(3,4)5)51(65)61-31-17-23-45(61)37-59(33-29-41-19-13-11-14-20-41)35-43-25-27-44(28-26-43)36-60(34-30-42-21-15-12-16-22-42)38-46-24-18-32-62(46)52(66)48(54(6,7)8)58-50(64)40(2)56-10/h11-16,19-22,25-28,39-40,45-48,55-56H,17-18,23-24,29-38H2,1-10H3,(H,57,63)(H,58,64)/t39-,40-,45-,46-,47+,48+/m0/s1. The number of carbonyl (C=O) groups excluding carboxylic acids is 4. The van der Waals surface area contributed by atoms with E-state index < -0.39 is 35.0 Å². The molecule has 0 radical (unpaired) electrons. The number of likely N-dealkylation sites (tertiary alicyclic amines) is 2. The van der Waals surface area contributed by atoms with Crippen molar-refractivity contribution in [3.63, 3.8) is 0 Å². The average Bonchev–Trinajstić information content (AvgIpc) is 3.97. The maximum atomic E-state index is 14.4. The van der Waals surface area contributed by atoms with Gasteiger partial charge >= 0.3 is 0 Å². The lowest BCUT2D eigenvalue weighted by atomic mass is 9.85. The molecule has 2 heterocycles. The molecule has 0 saturated carbocycles. The molecule has 4 amide bonds.